The second kappa shape index (κ2) is 6.00. The lowest BCUT2D eigenvalue weighted by atomic mass is 10.1. The number of nitro groups is 2. The van der Waals surface area contributed by atoms with E-state index in [9.17, 15) is 25.0 Å². The van der Waals surface area contributed by atoms with Crippen molar-refractivity contribution in [3.8, 4) is 0 Å². The number of nitrogens with zero attached hydrogens (tertiary/aromatic N) is 2. The minimum Gasteiger partial charge on any atom is -0.322 e. The standard InChI is InChI=1S/C14H11N3O5/c1-9-4-2-3-5-11(9)15-14(18)10-6-7-12(16(19)20)13(8-10)17(21)22/h2-8H,1H3,(H,15,18). The normalized spacial score (nSPS) is 10.0. The van der Waals surface area contributed by atoms with Gasteiger partial charge in [-0.3, -0.25) is 25.0 Å². The van der Waals surface area contributed by atoms with Crippen LogP contribution in [-0.2, 0) is 0 Å². The molecule has 8 heteroatoms. The molecule has 112 valence electrons. The van der Waals surface area contributed by atoms with Crippen LogP contribution >= 0.6 is 0 Å². The fraction of sp³-hybridized carbons (Fsp3) is 0.0714. The van der Waals surface area contributed by atoms with Crippen LogP contribution in [0.4, 0.5) is 17.1 Å². The Labute approximate surface area is 124 Å². The lowest BCUT2D eigenvalue weighted by molar-refractivity contribution is -0.422. The van der Waals surface area contributed by atoms with Gasteiger partial charge in [0.2, 0.25) is 0 Å². The molecule has 0 aliphatic heterocycles. The first-order chi connectivity index (χ1) is 10.4. The van der Waals surface area contributed by atoms with Gasteiger partial charge in [-0.15, -0.1) is 0 Å². The van der Waals surface area contributed by atoms with Crippen LogP contribution in [0.3, 0.4) is 0 Å². The van der Waals surface area contributed by atoms with Gasteiger partial charge >= 0.3 is 11.4 Å². The Balaban J connectivity index is 2.35. The summed E-state index contributed by atoms with van der Waals surface area (Å²) in [5, 5.41) is 24.2. The molecular weight excluding hydrogens is 290 g/mol. The number of nitro benzene ring substituents is 2. The molecule has 0 atom stereocenters. The highest BCUT2D eigenvalue weighted by molar-refractivity contribution is 6.05. The maximum atomic E-state index is 12.1. The monoisotopic (exact) mass is 301 g/mol. The summed E-state index contributed by atoms with van der Waals surface area (Å²) in [5.74, 6) is -0.577. The van der Waals surface area contributed by atoms with Crippen molar-refractivity contribution in [3.05, 3.63) is 73.8 Å². The zero-order chi connectivity index (χ0) is 16.3. The first kappa shape index (κ1) is 15.1. The van der Waals surface area contributed by atoms with E-state index in [1.165, 1.54) is 6.07 Å². The van der Waals surface area contributed by atoms with Gasteiger partial charge in [-0.25, -0.2) is 0 Å². The molecule has 0 saturated heterocycles. The smallest absolute Gasteiger partial charge is 0.322 e. The number of rotatable bonds is 4. The molecule has 0 fully saturated rings. The van der Waals surface area contributed by atoms with Crippen LogP contribution in [-0.4, -0.2) is 15.8 Å². The molecule has 2 aromatic carbocycles. The third-order valence-electron chi connectivity index (χ3n) is 3.02. The van der Waals surface area contributed by atoms with Gasteiger partial charge in [0.1, 0.15) is 0 Å². The van der Waals surface area contributed by atoms with Gasteiger partial charge in [0, 0.05) is 23.4 Å². The topological polar surface area (TPSA) is 115 Å². The third kappa shape index (κ3) is 3.06. The Kier molecular flexibility index (Phi) is 4.12. The zero-order valence-electron chi connectivity index (χ0n) is 11.5. The largest absolute Gasteiger partial charge is 0.346 e. The fourth-order valence-electron chi connectivity index (χ4n) is 1.87. The van der Waals surface area contributed by atoms with E-state index >= 15 is 0 Å². The number of amides is 1. The number of carbonyl (C=O) groups excluding carboxylic acids is 1. The van der Waals surface area contributed by atoms with Crippen LogP contribution in [0.5, 0.6) is 0 Å². The number of hydrogen-bond acceptors (Lipinski definition) is 5. The van der Waals surface area contributed by atoms with Gasteiger partial charge in [0.25, 0.3) is 5.91 Å². The highest BCUT2D eigenvalue weighted by Gasteiger charge is 2.25. The van der Waals surface area contributed by atoms with Gasteiger partial charge in [0.05, 0.1) is 9.85 Å². The molecule has 0 heterocycles. The summed E-state index contributed by atoms with van der Waals surface area (Å²) in [6.45, 7) is 1.80. The van der Waals surface area contributed by atoms with Crippen molar-refractivity contribution in [1.29, 1.82) is 0 Å². The molecule has 0 unspecified atom stereocenters. The summed E-state index contributed by atoms with van der Waals surface area (Å²) in [5.41, 5.74) is -0.0128. The minimum atomic E-state index is -0.886. The molecule has 22 heavy (non-hydrogen) atoms. The molecule has 0 spiro atoms. The highest BCUT2D eigenvalue weighted by atomic mass is 16.6. The molecule has 0 radical (unpaired) electrons. The molecule has 0 aliphatic rings. The SMILES string of the molecule is Cc1ccccc1NC(=O)c1ccc([N+](=O)[O-])c([N+](=O)[O-])c1. The molecule has 1 N–H and O–H groups in total. The Morgan fingerprint density at radius 2 is 1.64 bits per heavy atom. The van der Waals surface area contributed by atoms with Crippen LogP contribution < -0.4 is 5.32 Å². The lowest BCUT2D eigenvalue weighted by Crippen LogP contribution is -2.13. The predicted octanol–water partition coefficient (Wildman–Crippen LogP) is 3.06. The summed E-state index contributed by atoms with van der Waals surface area (Å²) >= 11 is 0. The maximum Gasteiger partial charge on any atom is 0.346 e. The third-order valence-corrected chi connectivity index (χ3v) is 3.02. The summed E-state index contributed by atoms with van der Waals surface area (Å²) in [6, 6.07) is 10.1. The van der Waals surface area contributed by atoms with E-state index in [2.05, 4.69) is 5.32 Å². The van der Waals surface area contributed by atoms with Crippen LogP contribution in [0, 0.1) is 27.2 Å². The molecule has 0 aromatic heterocycles. The number of hydrogen-bond donors (Lipinski definition) is 1. The van der Waals surface area contributed by atoms with Gasteiger partial charge in [-0.05, 0) is 24.6 Å². The van der Waals surface area contributed by atoms with Crippen LogP contribution in [0.15, 0.2) is 42.5 Å². The second-order valence-electron chi connectivity index (χ2n) is 4.49. The molecule has 8 nitrogen and oxygen atoms in total. The van der Waals surface area contributed by atoms with Gasteiger partial charge in [-0.1, -0.05) is 18.2 Å². The number of aryl methyl sites for hydroxylation is 1. The Hall–Kier alpha value is -3.29. The van der Waals surface area contributed by atoms with E-state index in [1.807, 2.05) is 6.07 Å². The highest BCUT2D eigenvalue weighted by Crippen LogP contribution is 2.28. The van der Waals surface area contributed by atoms with E-state index in [0.717, 1.165) is 17.7 Å². The number of nitrogens with one attached hydrogen (secondary N) is 1. The lowest BCUT2D eigenvalue weighted by Gasteiger charge is -2.08. The van der Waals surface area contributed by atoms with E-state index in [4.69, 9.17) is 0 Å². The molecule has 0 aliphatic carbocycles. The quantitative estimate of drug-likeness (QED) is 0.688. The summed E-state index contributed by atoms with van der Waals surface area (Å²) in [7, 11) is 0. The number of benzene rings is 2. The van der Waals surface area contributed by atoms with Crippen molar-refractivity contribution >= 4 is 23.0 Å². The van der Waals surface area contributed by atoms with Crippen molar-refractivity contribution in [3.63, 3.8) is 0 Å². The first-order valence-electron chi connectivity index (χ1n) is 6.20. The van der Waals surface area contributed by atoms with Crippen molar-refractivity contribution in [2.24, 2.45) is 0 Å². The Morgan fingerprint density at radius 3 is 2.23 bits per heavy atom. The van der Waals surface area contributed by atoms with Gasteiger partial charge < -0.3 is 5.32 Å². The van der Waals surface area contributed by atoms with Gasteiger partial charge in [0.15, 0.2) is 0 Å². The van der Waals surface area contributed by atoms with Crippen molar-refractivity contribution in [1.82, 2.24) is 0 Å². The number of anilines is 1. The molecule has 1 amide bonds. The van der Waals surface area contributed by atoms with E-state index in [-0.39, 0.29) is 5.56 Å². The average molecular weight is 301 g/mol. The van der Waals surface area contributed by atoms with Crippen LogP contribution in [0.25, 0.3) is 0 Å². The number of para-hydroxylation sites is 1. The molecule has 0 bridgehead atoms. The Bertz CT molecular complexity index is 773. The summed E-state index contributed by atoms with van der Waals surface area (Å²) in [6.07, 6.45) is 0. The van der Waals surface area contributed by atoms with Crippen molar-refractivity contribution < 1.29 is 14.6 Å². The minimum absolute atomic E-state index is 0.0273. The van der Waals surface area contributed by atoms with E-state index in [0.29, 0.717) is 5.69 Å². The summed E-state index contributed by atoms with van der Waals surface area (Å²) in [4.78, 5) is 32.0. The fourth-order valence-corrected chi connectivity index (χ4v) is 1.87. The Morgan fingerprint density at radius 1 is 1.00 bits per heavy atom. The molecular formula is C14H11N3O5. The van der Waals surface area contributed by atoms with E-state index < -0.39 is 27.1 Å². The number of carbonyl (C=O) groups is 1. The predicted molar refractivity (Wildman–Crippen MR) is 78.9 cm³/mol. The maximum absolute atomic E-state index is 12.1. The van der Waals surface area contributed by atoms with Gasteiger partial charge in [-0.2, -0.15) is 0 Å². The first-order valence-corrected chi connectivity index (χ1v) is 6.20. The zero-order valence-corrected chi connectivity index (χ0v) is 11.5. The second-order valence-corrected chi connectivity index (χ2v) is 4.49. The summed E-state index contributed by atoms with van der Waals surface area (Å²) < 4.78 is 0. The van der Waals surface area contributed by atoms with E-state index in [1.54, 1.807) is 25.1 Å². The van der Waals surface area contributed by atoms with Crippen LogP contribution in [0.2, 0.25) is 0 Å². The van der Waals surface area contributed by atoms with Crippen molar-refractivity contribution in [2.75, 3.05) is 5.32 Å². The van der Waals surface area contributed by atoms with Crippen LogP contribution in [0.1, 0.15) is 15.9 Å². The molecule has 0 saturated carbocycles. The molecule has 2 rings (SSSR count). The molecule has 2 aromatic rings. The van der Waals surface area contributed by atoms with Crippen molar-refractivity contribution in [2.45, 2.75) is 6.92 Å². The average Bonchev–Trinajstić information content (AvgIpc) is 2.48.